The zero-order valence-electron chi connectivity index (χ0n) is 16.9. The van der Waals surface area contributed by atoms with E-state index in [0.717, 1.165) is 22.3 Å². The molecule has 0 spiro atoms. The number of ether oxygens (including phenoxy) is 1. The van der Waals surface area contributed by atoms with Crippen molar-refractivity contribution in [3.63, 3.8) is 0 Å². The lowest BCUT2D eigenvalue weighted by molar-refractivity contribution is -0.122. The minimum atomic E-state index is -0.302. The number of fused-ring (bicyclic) bond motifs is 1. The smallest absolute Gasteiger partial charge is 0.240 e. The Balaban J connectivity index is 1.75. The van der Waals surface area contributed by atoms with Crippen molar-refractivity contribution in [3.05, 3.63) is 59.9 Å². The molecule has 1 heterocycles. The largest absolute Gasteiger partial charge is 0.497 e. The van der Waals surface area contributed by atoms with Gasteiger partial charge in [-0.1, -0.05) is 31.2 Å². The van der Waals surface area contributed by atoms with Gasteiger partial charge in [-0.2, -0.15) is 0 Å². The molecular weight excluding hydrogens is 368 g/mol. The van der Waals surface area contributed by atoms with Crippen LogP contribution in [0.15, 0.2) is 48.5 Å². The van der Waals surface area contributed by atoms with E-state index in [9.17, 15) is 9.59 Å². The number of nitrogens with zero attached hydrogens (tertiary/aromatic N) is 2. The lowest BCUT2D eigenvalue weighted by Crippen LogP contribution is -2.31. The van der Waals surface area contributed by atoms with Gasteiger partial charge in [-0.15, -0.1) is 0 Å². The van der Waals surface area contributed by atoms with Gasteiger partial charge in [0.05, 0.1) is 24.2 Å². The van der Waals surface area contributed by atoms with Crippen molar-refractivity contribution in [3.8, 4) is 5.75 Å². The fourth-order valence-electron chi connectivity index (χ4n) is 3.14. The zero-order valence-corrected chi connectivity index (χ0v) is 16.9. The van der Waals surface area contributed by atoms with Crippen LogP contribution in [0, 0.1) is 0 Å². The second kappa shape index (κ2) is 9.23. The number of hydrogen-bond donors (Lipinski definition) is 2. The highest BCUT2D eigenvalue weighted by Gasteiger charge is 2.19. The quantitative estimate of drug-likeness (QED) is 0.615. The highest BCUT2D eigenvalue weighted by molar-refractivity contribution is 5.81. The molecule has 2 aromatic carbocycles. The molecule has 29 heavy (non-hydrogen) atoms. The van der Waals surface area contributed by atoms with Gasteiger partial charge < -0.3 is 19.9 Å². The fraction of sp³-hybridized carbons (Fsp3) is 0.318. The molecule has 0 saturated heterocycles. The third kappa shape index (κ3) is 4.93. The monoisotopic (exact) mass is 394 g/mol. The number of aromatic nitrogens is 2. The van der Waals surface area contributed by atoms with Crippen LogP contribution in [0.4, 0.5) is 0 Å². The van der Waals surface area contributed by atoms with Crippen molar-refractivity contribution < 1.29 is 14.3 Å². The Morgan fingerprint density at radius 3 is 2.52 bits per heavy atom. The summed E-state index contributed by atoms with van der Waals surface area (Å²) in [5, 5.41) is 5.87. The van der Waals surface area contributed by atoms with Gasteiger partial charge in [-0.05, 0) is 36.8 Å². The normalized spacial score (nSPS) is 11.8. The summed E-state index contributed by atoms with van der Waals surface area (Å²) < 4.78 is 7.01. The maximum atomic E-state index is 12.6. The molecule has 152 valence electrons. The van der Waals surface area contributed by atoms with Crippen LogP contribution in [-0.4, -0.2) is 28.5 Å². The highest BCUT2D eigenvalue weighted by Crippen LogP contribution is 2.21. The van der Waals surface area contributed by atoms with E-state index < -0.39 is 0 Å². The van der Waals surface area contributed by atoms with Gasteiger partial charge in [-0.25, -0.2) is 4.98 Å². The molecule has 2 amide bonds. The molecule has 2 N–H and O–H groups in total. The molecule has 1 unspecified atom stereocenters. The first-order valence-corrected chi connectivity index (χ1v) is 9.66. The number of carbonyl (C=O) groups is 2. The molecule has 0 saturated carbocycles. The molecule has 7 nitrogen and oxygen atoms in total. The van der Waals surface area contributed by atoms with Gasteiger partial charge in [0, 0.05) is 13.0 Å². The van der Waals surface area contributed by atoms with Crippen molar-refractivity contribution in [2.75, 3.05) is 7.11 Å². The number of carbonyl (C=O) groups excluding carboxylic acids is 2. The van der Waals surface area contributed by atoms with Crippen LogP contribution < -0.4 is 15.4 Å². The van der Waals surface area contributed by atoms with E-state index in [-0.39, 0.29) is 24.4 Å². The summed E-state index contributed by atoms with van der Waals surface area (Å²) in [6, 6.07) is 14.9. The van der Waals surface area contributed by atoms with E-state index in [0.29, 0.717) is 18.8 Å². The van der Waals surface area contributed by atoms with Crippen molar-refractivity contribution in [2.24, 2.45) is 0 Å². The molecule has 0 aliphatic rings. The minimum Gasteiger partial charge on any atom is -0.497 e. The van der Waals surface area contributed by atoms with Crippen molar-refractivity contribution in [1.29, 1.82) is 0 Å². The van der Waals surface area contributed by atoms with E-state index in [2.05, 4.69) is 15.6 Å². The molecular formula is C22H26N4O3. The first-order valence-electron chi connectivity index (χ1n) is 9.66. The number of amides is 2. The summed E-state index contributed by atoms with van der Waals surface area (Å²) in [5.74, 6) is 1.25. The predicted molar refractivity (Wildman–Crippen MR) is 111 cm³/mol. The maximum absolute atomic E-state index is 12.6. The minimum absolute atomic E-state index is 0.0555. The van der Waals surface area contributed by atoms with Crippen molar-refractivity contribution in [1.82, 2.24) is 20.2 Å². The Bertz CT molecular complexity index is 995. The number of methoxy groups -OCH3 is 1. The Morgan fingerprint density at radius 2 is 1.83 bits per heavy atom. The average Bonchev–Trinajstić information content (AvgIpc) is 3.11. The second-order valence-corrected chi connectivity index (χ2v) is 6.81. The van der Waals surface area contributed by atoms with Crippen LogP contribution in [0.1, 0.15) is 37.7 Å². The first-order chi connectivity index (χ1) is 14.0. The Kier molecular flexibility index (Phi) is 6.49. The molecule has 0 aliphatic heterocycles. The van der Waals surface area contributed by atoms with E-state index >= 15 is 0 Å². The van der Waals surface area contributed by atoms with Crippen LogP contribution in [0.2, 0.25) is 0 Å². The van der Waals surface area contributed by atoms with Gasteiger partial charge in [0.15, 0.2) is 0 Å². The summed E-state index contributed by atoms with van der Waals surface area (Å²) in [6.45, 7) is 4.23. The zero-order chi connectivity index (χ0) is 20.8. The van der Waals surface area contributed by atoms with Gasteiger partial charge in [0.2, 0.25) is 11.8 Å². The fourth-order valence-corrected chi connectivity index (χ4v) is 3.14. The highest BCUT2D eigenvalue weighted by atomic mass is 16.5. The van der Waals surface area contributed by atoms with Crippen LogP contribution >= 0.6 is 0 Å². The molecule has 0 radical (unpaired) electrons. The summed E-state index contributed by atoms with van der Waals surface area (Å²) >= 11 is 0. The Morgan fingerprint density at radius 1 is 1.10 bits per heavy atom. The molecule has 1 atom stereocenters. The standard InChI is InChI=1S/C22H26N4O3/c1-4-20(27)24-15(2)22-25-18-7-5-6-8-19(18)26(22)14-21(28)23-13-16-9-11-17(29-3)12-10-16/h5-12,15H,4,13-14H2,1-3H3,(H,23,28)(H,24,27). The molecule has 0 aliphatic carbocycles. The van der Waals surface area contributed by atoms with Gasteiger partial charge in [-0.3, -0.25) is 9.59 Å². The van der Waals surface area contributed by atoms with Crippen molar-refractivity contribution in [2.45, 2.75) is 39.4 Å². The molecule has 3 aromatic rings. The van der Waals surface area contributed by atoms with Crippen LogP contribution in [-0.2, 0) is 22.7 Å². The number of rotatable bonds is 8. The second-order valence-electron chi connectivity index (χ2n) is 6.81. The van der Waals surface area contributed by atoms with Crippen LogP contribution in [0.25, 0.3) is 11.0 Å². The summed E-state index contributed by atoms with van der Waals surface area (Å²) in [7, 11) is 1.62. The Hall–Kier alpha value is -3.35. The van der Waals surface area contributed by atoms with Crippen molar-refractivity contribution >= 4 is 22.8 Å². The third-order valence-electron chi connectivity index (χ3n) is 4.72. The summed E-state index contributed by atoms with van der Waals surface area (Å²) in [5.41, 5.74) is 2.64. The predicted octanol–water partition coefficient (Wildman–Crippen LogP) is 2.95. The number of benzene rings is 2. The topological polar surface area (TPSA) is 85.2 Å². The number of para-hydroxylation sites is 2. The number of imidazole rings is 1. The molecule has 0 bridgehead atoms. The van der Waals surface area contributed by atoms with Crippen LogP contribution in [0.3, 0.4) is 0 Å². The number of nitrogens with one attached hydrogen (secondary N) is 2. The van der Waals surface area contributed by atoms with Crippen LogP contribution in [0.5, 0.6) is 5.75 Å². The van der Waals surface area contributed by atoms with Gasteiger partial charge in [0.1, 0.15) is 18.1 Å². The van der Waals surface area contributed by atoms with E-state index in [4.69, 9.17) is 4.74 Å². The average molecular weight is 394 g/mol. The SMILES string of the molecule is CCC(=O)NC(C)c1nc2ccccc2n1CC(=O)NCc1ccc(OC)cc1. The van der Waals surface area contributed by atoms with Gasteiger partial charge in [0.25, 0.3) is 0 Å². The van der Waals surface area contributed by atoms with Gasteiger partial charge >= 0.3 is 0 Å². The molecule has 7 heteroatoms. The molecule has 0 fully saturated rings. The Labute approximate surface area is 170 Å². The third-order valence-corrected chi connectivity index (χ3v) is 4.72. The molecule has 1 aromatic heterocycles. The van der Waals surface area contributed by atoms with E-state index in [1.807, 2.05) is 60.0 Å². The van der Waals surface area contributed by atoms with E-state index in [1.54, 1.807) is 14.0 Å². The maximum Gasteiger partial charge on any atom is 0.240 e. The summed E-state index contributed by atoms with van der Waals surface area (Å²) in [6.07, 6.45) is 0.396. The lowest BCUT2D eigenvalue weighted by atomic mass is 10.2. The lowest BCUT2D eigenvalue weighted by Gasteiger charge is -2.16. The summed E-state index contributed by atoms with van der Waals surface area (Å²) in [4.78, 5) is 29.1. The molecule has 3 rings (SSSR count). The first kappa shape index (κ1) is 20.4. The van der Waals surface area contributed by atoms with E-state index in [1.165, 1.54) is 0 Å². The number of hydrogen-bond acceptors (Lipinski definition) is 4.